The van der Waals surface area contributed by atoms with Gasteiger partial charge in [-0.15, -0.1) is 0 Å². The van der Waals surface area contributed by atoms with Crippen LogP contribution in [0.25, 0.3) is 0 Å². The topological polar surface area (TPSA) is 208 Å². The lowest BCUT2D eigenvalue weighted by atomic mass is 10.1. The number of carboxylic acids is 2. The second-order valence-corrected chi connectivity index (χ2v) is 5.61. The molecule has 0 saturated heterocycles. The number of nitrogens with one attached hydrogen (secondary N) is 3. The largest absolute Gasteiger partial charge is 0.481 e. The molecule has 0 fully saturated rings. The number of carbonyl (C=O) groups is 5. The summed E-state index contributed by atoms with van der Waals surface area (Å²) in [4.78, 5) is 56.5. The average Bonchev–Trinajstić information content (AvgIpc) is 2.54. The number of rotatable bonds is 11. The summed E-state index contributed by atoms with van der Waals surface area (Å²) in [6.07, 6.45) is -1.75. The van der Waals surface area contributed by atoms with E-state index in [0.29, 0.717) is 0 Å². The van der Waals surface area contributed by atoms with Gasteiger partial charge in [-0.05, 0) is 20.3 Å². The van der Waals surface area contributed by atoms with E-state index < -0.39 is 60.4 Å². The summed E-state index contributed by atoms with van der Waals surface area (Å²) < 4.78 is 0. The van der Waals surface area contributed by atoms with E-state index in [9.17, 15) is 29.1 Å². The Morgan fingerprint density at radius 1 is 1.00 bits per heavy atom. The normalized spacial score (nSPS) is 15.1. The summed E-state index contributed by atoms with van der Waals surface area (Å²) in [5.74, 6) is -4.90. The van der Waals surface area contributed by atoms with Crippen LogP contribution in [0.15, 0.2) is 0 Å². The number of nitrogens with two attached hydrogens (primary N) is 1. The van der Waals surface area contributed by atoms with Gasteiger partial charge >= 0.3 is 11.9 Å². The van der Waals surface area contributed by atoms with Crippen molar-refractivity contribution in [2.75, 3.05) is 6.54 Å². The van der Waals surface area contributed by atoms with Crippen molar-refractivity contribution >= 4 is 29.7 Å². The third-order valence-electron chi connectivity index (χ3n) is 3.24. The molecule has 0 saturated carbocycles. The molecule has 0 aromatic rings. The molecule has 8 N–H and O–H groups in total. The molecule has 0 heterocycles. The highest BCUT2D eigenvalue weighted by atomic mass is 16.4. The zero-order valence-electron chi connectivity index (χ0n) is 14.4. The predicted octanol–water partition coefficient (Wildman–Crippen LogP) is -3.25. The fourth-order valence-corrected chi connectivity index (χ4v) is 1.70. The monoisotopic (exact) mass is 376 g/mol. The summed E-state index contributed by atoms with van der Waals surface area (Å²) in [6, 6.07) is -3.78. The van der Waals surface area contributed by atoms with Crippen molar-refractivity contribution in [1.82, 2.24) is 16.0 Å². The maximum atomic E-state index is 11.9. The van der Waals surface area contributed by atoms with E-state index >= 15 is 0 Å². The maximum Gasteiger partial charge on any atom is 0.325 e. The van der Waals surface area contributed by atoms with Gasteiger partial charge in [-0.2, -0.15) is 0 Å². The number of hydrogen-bond donors (Lipinski definition) is 7. The third-order valence-corrected chi connectivity index (χ3v) is 3.24. The minimum Gasteiger partial charge on any atom is -0.481 e. The lowest BCUT2D eigenvalue weighted by Crippen LogP contribution is -2.56. The molecule has 4 atom stereocenters. The molecular formula is C14H24N4O8. The molecular weight excluding hydrogens is 352 g/mol. The van der Waals surface area contributed by atoms with Crippen LogP contribution in [-0.2, 0) is 24.0 Å². The Morgan fingerprint density at radius 2 is 1.58 bits per heavy atom. The quantitative estimate of drug-likeness (QED) is 0.193. The van der Waals surface area contributed by atoms with Gasteiger partial charge in [0.2, 0.25) is 17.7 Å². The van der Waals surface area contributed by atoms with Gasteiger partial charge in [0.1, 0.15) is 12.1 Å². The van der Waals surface area contributed by atoms with Crippen LogP contribution >= 0.6 is 0 Å². The Balaban J connectivity index is 4.55. The van der Waals surface area contributed by atoms with Gasteiger partial charge in [0, 0.05) is 6.42 Å². The number of carbonyl (C=O) groups excluding carboxylic acids is 3. The van der Waals surface area contributed by atoms with Crippen molar-refractivity contribution < 1.29 is 39.3 Å². The molecule has 0 aromatic heterocycles. The van der Waals surface area contributed by atoms with Crippen molar-refractivity contribution in [2.45, 2.75) is 50.9 Å². The third kappa shape index (κ3) is 8.94. The number of amides is 3. The van der Waals surface area contributed by atoms with Gasteiger partial charge in [0.25, 0.3) is 0 Å². The Kier molecular flexibility index (Phi) is 9.84. The minimum atomic E-state index is -1.43. The van der Waals surface area contributed by atoms with Crippen molar-refractivity contribution in [3.8, 4) is 0 Å². The smallest absolute Gasteiger partial charge is 0.325 e. The van der Waals surface area contributed by atoms with Crippen LogP contribution in [0.2, 0.25) is 0 Å². The second-order valence-electron chi connectivity index (χ2n) is 5.61. The second kappa shape index (κ2) is 11.0. The summed E-state index contributed by atoms with van der Waals surface area (Å²) in [5, 5.41) is 33.3. The molecule has 0 spiro atoms. The average molecular weight is 376 g/mol. The number of aliphatic hydroxyl groups is 1. The highest BCUT2D eigenvalue weighted by Crippen LogP contribution is 1.96. The number of carboxylic acid groups (broad SMARTS) is 2. The fraction of sp³-hybridized carbons (Fsp3) is 0.643. The molecule has 4 unspecified atom stereocenters. The molecule has 0 aromatic carbocycles. The molecule has 0 bridgehead atoms. The molecule has 0 radical (unpaired) electrons. The molecule has 26 heavy (non-hydrogen) atoms. The van der Waals surface area contributed by atoms with Crippen molar-refractivity contribution in [3.63, 3.8) is 0 Å². The number of aliphatic carboxylic acids is 2. The minimum absolute atomic E-state index is 0.117. The fourth-order valence-electron chi connectivity index (χ4n) is 1.70. The first-order valence-corrected chi connectivity index (χ1v) is 7.71. The van der Waals surface area contributed by atoms with E-state index in [4.69, 9.17) is 15.9 Å². The van der Waals surface area contributed by atoms with E-state index in [0.717, 1.165) is 0 Å². The van der Waals surface area contributed by atoms with E-state index in [1.54, 1.807) is 0 Å². The first-order chi connectivity index (χ1) is 12.0. The molecule has 12 heteroatoms. The number of aliphatic hydroxyl groups excluding tert-OH is 1. The van der Waals surface area contributed by atoms with Crippen LogP contribution in [0, 0.1) is 0 Å². The van der Waals surface area contributed by atoms with Gasteiger partial charge in [-0.1, -0.05) is 0 Å². The SMILES string of the molecule is CC(NC(=O)C(NC(=O)CNC(=O)C(N)CCC(=O)O)C(C)O)C(=O)O. The zero-order valence-corrected chi connectivity index (χ0v) is 14.4. The van der Waals surface area contributed by atoms with Crippen LogP contribution in [0.5, 0.6) is 0 Å². The zero-order chi connectivity index (χ0) is 20.4. The molecule has 148 valence electrons. The van der Waals surface area contributed by atoms with E-state index in [1.807, 2.05) is 0 Å². The van der Waals surface area contributed by atoms with Gasteiger partial charge in [0.05, 0.1) is 18.7 Å². The molecule has 0 aliphatic carbocycles. The van der Waals surface area contributed by atoms with Crippen LogP contribution in [0.4, 0.5) is 0 Å². The summed E-state index contributed by atoms with van der Waals surface area (Å²) in [7, 11) is 0. The van der Waals surface area contributed by atoms with Crippen LogP contribution in [-0.4, -0.2) is 75.8 Å². The number of hydrogen-bond acceptors (Lipinski definition) is 7. The van der Waals surface area contributed by atoms with E-state index in [1.165, 1.54) is 13.8 Å². The Morgan fingerprint density at radius 3 is 2.04 bits per heavy atom. The van der Waals surface area contributed by atoms with Crippen LogP contribution in [0.1, 0.15) is 26.7 Å². The maximum absolute atomic E-state index is 11.9. The Labute approximate surface area is 149 Å². The van der Waals surface area contributed by atoms with Gasteiger partial charge in [-0.25, -0.2) is 0 Å². The van der Waals surface area contributed by atoms with E-state index in [-0.39, 0.29) is 12.8 Å². The highest BCUT2D eigenvalue weighted by molar-refractivity contribution is 5.92. The molecule has 0 aliphatic heterocycles. The van der Waals surface area contributed by atoms with Crippen molar-refractivity contribution in [1.29, 1.82) is 0 Å². The summed E-state index contributed by atoms with van der Waals surface area (Å²) in [5.41, 5.74) is 5.47. The lowest BCUT2D eigenvalue weighted by molar-refractivity contribution is -0.142. The standard InChI is InChI=1S/C14H24N4O8/c1-6(14(25)26)17-13(24)11(7(2)19)18-9(20)5-16-12(23)8(15)3-4-10(21)22/h6-8,11,19H,3-5,15H2,1-2H3,(H,16,23)(H,17,24)(H,18,20)(H,21,22)(H,25,26). The molecule has 12 nitrogen and oxygen atoms in total. The molecule has 0 rings (SSSR count). The van der Waals surface area contributed by atoms with Gasteiger partial charge < -0.3 is 37.0 Å². The van der Waals surface area contributed by atoms with Crippen molar-refractivity contribution in [2.24, 2.45) is 5.73 Å². The van der Waals surface area contributed by atoms with Gasteiger partial charge in [0.15, 0.2) is 0 Å². The van der Waals surface area contributed by atoms with Gasteiger partial charge in [-0.3, -0.25) is 24.0 Å². The Hall–Kier alpha value is -2.73. The van der Waals surface area contributed by atoms with E-state index in [2.05, 4.69) is 16.0 Å². The molecule has 3 amide bonds. The summed E-state index contributed by atoms with van der Waals surface area (Å²) >= 11 is 0. The predicted molar refractivity (Wildman–Crippen MR) is 86.7 cm³/mol. The molecule has 0 aliphatic rings. The van der Waals surface area contributed by atoms with Crippen molar-refractivity contribution in [3.05, 3.63) is 0 Å². The lowest BCUT2D eigenvalue weighted by Gasteiger charge is -2.22. The van der Waals surface area contributed by atoms with Crippen LogP contribution < -0.4 is 21.7 Å². The highest BCUT2D eigenvalue weighted by Gasteiger charge is 2.28. The first-order valence-electron chi connectivity index (χ1n) is 7.71. The first kappa shape index (κ1) is 23.3. The summed E-state index contributed by atoms with van der Waals surface area (Å²) in [6.45, 7) is 1.86. The van der Waals surface area contributed by atoms with Crippen LogP contribution in [0.3, 0.4) is 0 Å². The Bertz CT molecular complexity index is 551.